The third-order valence-corrected chi connectivity index (χ3v) is 7.38. The van der Waals surface area contributed by atoms with Crippen molar-refractivity contribution in [3.63, 3.8) is 0 Å². The Hall–Kier alpha value is -4.16. The van der Waals surface area contributed by atoms with E-state index in [1.54, 1.807) is 24.3 Å². The first-order valence-corrected chi connectivity index (χ1v) is 12.1. The third kappa shape index (κ3) is 4.52. The Labute approximate surface area is 214 Å². The molecule has 0 radical (unpaired) electrons. The lowest BCUT2D eigenvalue weighted by Gasteiger charge is -2.42. The molecule has 10 nitrogen and oxygen atoms in total. The zero-order valence-electron chi connectivity index (χ0n) is 20.1. The third-order valence-electron chi connectivity index (χ3n) is 7.38. The van der Waals surface area contributed by atoms with Crippen LogP contribution in [0.2, 0.25) is 0 Å². The molecule has 1 saturated carbocycles. The fourth-order valence-electron chi connectivity index (χ4n) is 5.35. The van der Waals surface area contributed by atoms with Crippen LogP contribution in [-0.4, -0.2) is 67.4 Å². The minimum Gasteiger partial charge on any atom is -0.463 e. The number of carbonyl (C=O) groups is 3. The molecule has 2 amide bonds. The molecule has 2 fully saturated rings. The van der Waals surface area contributed by atoms with E-state index in [1.165, 1.54) is 18.3 Å². The van der Waals surface area contributed by atoms with Gasteiger partial charge < -0.3 is 21.1 Å². The van der Waals surface area contributed by atoms with Crippen molar-refractivity contribution in [2.45, 2.75) is 55.7 Å². The van der Waals surface area contributed by atoms with E-state index in [1.807, 2.05) is 0 Å². The van der Waals surface area contributed by atoms with E-state index in [0.29, 0.717) is 11.3 Å². The Morgan fingerprint density at radius 1 is 1.05 bits per heavy atom. The SMILES string of the molecule is Nc1ccc(C2(C(=O)N3C[C@H](F)C[C@@H]3C(=O)Nc3ccc4c(cnn4C(=O)O)n3)CCC(F)(F)CC2)cc1. The van der Waals surface area contributed by atoms with E-state index in [4.69, 9.17) is 5.73 Å². The van der Waals surface area contributed by atoms with Gasteiger partial charge in [0, 0.05) is 24.9 Å². The second-order valence-electron chi connectivity index (χ2n) is 9.80. The van der Waals surface area contributed by atoms with Crippen LogP contribution in [0.25, 0.3) is 11.0 Å². The summed E-state index contributed by atoms with van der Waals surface area (Å²) in [7, 11) is 0. The first kappa shape index (κ1) is 25.5. The fourth-order valence-corrected chi connectivity index (χ4v) is 5.35. The molecule has 200 valence electrons. The van der Waals surface area contributed by atoms with Gasteiger partial charge in [-0.15, -0.1) is 0 Å². The summed E-state index contributed by atoms with van der Waals surface area (Å²) < 4.78 is 43.6. The summed E-state index contributed by atoms with van der Waals surface area (Å²) in [6.07, 6.45) is -3.16. The Bertz CT molecular complexity index is 1400. The Kier molecular flexibility index (Phi) is 6.24. The smallest absolute Gasteiger partial charge is 0.432 e. The molecule has 1 saturated heterocycles. The summed E-state index contributed by atoms with van der Waals surface area (Å²) in [4.78, 5) is 43.8. The summed E-state index contributed by atoms with van der Waals surface area (Å²) in [5.41, 5.74) is 5.79. The highest BCUT2D eigenvalue weighted by molar-refractivity contribution is 6.00. The van der Waals surface area contributed by atoms with Crippen LogP contribution in [-0.2, 0) is 15.0 Å². The summed E-state index contributed by atoms with van der Waals surface area (Å²) in [5, 5.41) is 15.5. The van der Waals surface area contributed by atoms with Gasteiger partial charge in [0.25, 0.3) is 0 Å². The number of nitrogens with one attached hydrogen (secondary N) is 1. The van der Waals surface area contributed by atoms with Gasteiger partial charge in [-0.3, -0.25) is 9.59 Å². The summed E-state index contributed by atoms with van der Waals surface area (Å²) in [5.74, 6) is -4.12. The van der Waals surface area contributed by atoms with E-state index < -0.39 is 54.3 Å². The number of hydrogen-bond acceptors (Lipinski definition) is 6. The number of rotatable bonds is 4. The zero-order valence-corrected chi connectivity index (χ0v) is 20.1. The molecule has 2 atom stereocenters. The number of pyridine rings is 1. The van der Waals surface area contributed by atoms with Gasteiger partial charge >= 0.3 is 6.09 Å². The van der Waals surface area contributed by atoms with Gasteiger partial charge in [-0.05, 0) is 42.7 Å². The molecule has 5 rings (SSSR count). The molecule has 13 heteroatoms. The first-order valence-electron chi connectivity index (χ1n) is 12.1. The van der Waals surface area contributed by atoms with E-state index in [2.05, 4.69) is 15.4 Å². The quantitative estimate of drug-likeness (QED) is 0.438. The monoisotopic (exact) mass is 530 g/mol. The second-order valence-corrected chi connectivity index (χ2v) is 9.80. The minimum absolute atomic E-state index is 0.0627. The summed E-state index contributed by atoms with van der Waals surface area (Å²) in [6, 6.07) is 7.98. The standard InChI is InChI=1S/C25H25F3N6O4/c26-15-11-19(21(35)32-20-6-5-18-17(31-20)12-30-34(18)23(37)38)33(13-15)22(36)24(7-9-25(27,28)10-8-24)14-1-3-16(29)4-2-14/h1-6,12,15,19H,7-11,13,29H2,(H,37,38)(H,31,32,35)/t15-,19-/m1/s1. The number of alkyl halides is 3. The van der Waals surface area contributed by atoms with Crippen molar-refractivity contribution in [1.29, 1.82) is 0 Å². The molecular formula is C25H25F3N6O4. The Morgan fingerprint density at radius 3 is 2.39 bits per heavy atom. The number of nitrogens with zero attached hydrogens (tertiary/aromatic N) is 4. The zero-order chi connectivity index (χ0) is 27.2. The maximum atomic E-state index is 14.6. The number of fused-ring (bicyclic) bond motifs is 1. The molecular weight excluding hydrogens is 505 g/mol. The van der Waals surface area contributed by atoms with Crippen molar-refractivity contribution < 1.29 is 32.7 Å². The van der Waals surface area contributed by atoms with Crippen LogP contribution in [0.5, 0.6) is 0 Å². The van der Waals surface area contributed by atoms with Gasteiger partial charge in [0.1, 0.15) is 23.5 Å². The van der Waals surface area contributed by atoms with Crippen molar-refractivity contribution in [2.75, 3.05) is 17.6 Å². The maximum absolute atomic E-state index is 14.6. The number of carbonyl (C=O) groups excluding carboxylic acids is 2. The van der Waals surface area contributed by atoms with E-state index in [9.17, 15) is 32.7 Å². The molecule has 0 bridgehead atoms. The molecule has 1 aliphatic carbocycles. The molecule has 2 aromatic heterocycles. The number of hydrogen-bond donors (Lipinski definition) is 3. The van der Waals surface area contributed by atoms with Crippen molar-refractivity contribution in [1.82, 2.24) is 19.7 Å². The highest BCUT2D eigenvalue weighted by atomic mass is 19.3. The number of nitrogen functional groups attached to an aromatic ring is 1. The van der Waals surface area contributed by atoms with E-state index in [0.717, 1.165) is 9.58 Å². The lowest BCUT2D eigenvalue weighted by atomic mass is 9.67. The van der Waals surface area contributed by atoms with Gasteiger partial charge in [-0.25, -0.2) is 22.9 Å². The first-order chi connectivity index (χ1) is 18.0. The van der Waals surface area contributed by atoms with Crippen LogP contribution in [0.3, 0.4) is 0 Å². The highest BCUT2D eigenvalue weighted by Gasteiger charge is 2.53. The number of benzene rings is 1. The molecule has 0 unspecified atom stereocenters. The average molecular weight is 531 g/mol. The molecule has 3 aromatic rings. The van der Waals surface area contributed by atoms with Gasteiger partial charge in [-0.1, -0.05) is 12.1 Å². The summed E-state index contributed by atoms with van der Waals surface area (Å²) in [6.45, 7) is -0.345. The van der Waals surface area contributed by atoms with Gasteiger partial charge in [0.2, 0.25) is 17.7 Å². The number of amides is 2. The van der Waals surface area contributed by atoms with Crippen LogP contribution < -0.4 is 11.1 Å². The van der Waals surface area contributed by atoms with Crippen molar-refractivity contribution in [3.05, 3.63) is 48.2 Å². The molecule has 38 heavy (non-hydrogen) atoms. The predicted molar refractivity (Wildman–Crippen MR) is 131 cm³/mol. The topological polar surface area (TPSA) is 143 Å². The van der Waals surface area contributed by atoms with Crippen molar-refractivity contribution in [2.24, 2.45) is 0 Å². The lowest BCUT2D eigenvalue weighted by Crippen LogP contribution is -2.54. The van der Waals surface area contributed by atoms with Crippen LogP contribution in [0.4, 0.5) is 29.5 Å². The largest absolute Gasteiger partial charge is 0.463 e. The number of anilines is 2. The number of aromatic nitrogens is 3. The Morgan fingerprint density at radius 2 is 1.74 bits per heavy atom. The minimum atomic E-state index is -2.92. The van der Waals surface area contributed by atoms with Crippen LogP contribution in [0.1, 0.15) is 37.7 Å². The lowest BCUT2D eigenvalue weighted by molar-refractivity contribution is -0.146. The number of carboxylic acid groups (broad SMARTS) is 1. The predicted octanol–water partition coefficient (Wildman–Crippen LogP) is 3.56. The van der Waals surface area contributed by atoms with Gasteiger partial charge in [0.05, 0.1) is 23.7 Å². The second kappa shape index (κ2) is 9.30. The molecule has 0 spiro atoms. The van der Waals surface area contributed by atoms with Crippen molar-refractivity contribution >= 4 is 40.4 Å². The van der Waals surface area contributed by atoms with Gasteiger partial charge in [-0.2, -0.15) is 9.78 Å². The normalized spacial score (nSPS) is 22.3. The fraction of sp³-hybridized carbons (Fsp3) is 0.400. The number of likely N-dealkylation sites (tertiary alicyclic amines) is 1. The number of halogens is 3. The summed E-state index contributed by atoms with van der Waals surface area (Å²) >= 11 is 0. The van der Waals surface area contributed by atoms with Crippen LogP contribution in [0, 0.1) is 0 Å². The molecule has 3 heterocycles. The maximum Gasteiger partial charge on any atom is 0.432 e. The number of nitrogens with two attached hydrogens (primary N) is 1. The molecule has 2 aliphatic rings. The van der Waals surface area contributed by atoms with Crippen molar-refractivity contribution in [3.8, 4) is 0 Å². The average Bonchev–Trinajstić information content (AvgIpc) is 3.48. The van der Waals surface area contributed by atoms with Crippen LogP contribution >= 0.6 is 0 Å². The Balaban J connectivity index is 1.42. The van der Waals surface area contributed by atoms with Crippen LogP contribution in [0.15, 0.2) is 42.6 Å². The van der Waals surface area contributed by atoms with Gasteiger partial charge in [0.15, 0.2) is 0 Å². The van der Waals surface area contributed by atoms with E-state index >= 15 is 0 Å². The highest BCUT2D eigenvalue weighted by Crippen LogP contribution is 2.47. The molecule has 4 N–H and O–H groups in total. The molecule has 1 aliphatic heterocycles. The molecule has 1 aromatic carbocycles. The van der Waals surface area contributed by atoms with E-state index in [-0.39, 0.29) is 42.7 Å².